The van der Waals surface area contributed by atoms with Crippen molar-refractivity contribution >= 4 is 11.4 Å². The number of rotatable bonds is 4. The number of nitrogens with zero attached hydrogens (tertiary/aromatic N) is 3. The molecule has 2 heterocycles. The third-order valence-electron chi connectivity index (χ3n) is 3.80. The van der Waals surface area contributed by atoms with Gasteiger partial charge < -0.3 is 10.2 Å². The lowest BCUT2D eigenvalue weighted by Gasteiger charge is -2.20. The Morgan fingerprint density at radius 3 is 2.71 bits per heavy atom. The van der Waals surface area contributed by atoms with Gasteiger partial charge in [-0.2, -0.15) is 0 Å². The number of aromatic nitrogens is 2. The molecule has 1 N–H and O–H groups in total. The molecule has 1 aliphatic heterocycles. The van der Waals surface area contributed by atoms with Crippen molar-refractivity contribution in [2.24, 2.45) is 0 Å². The van der Waals surface area contributed by atoms with E-state index in [-0.39, 0.29) is 11.9 Å². The molecule has 0 radical (unpaired) electrons. The van der Waals surface area contributed by atoms with Crippen LogP contribution >= 0.6 is 0 Å². The van der Waals surface area contributed by atoms with Crippen LogP contribution in [0.15, 0.2) is 36.8 Å². The van der Waals surface area contributed by atoms with Gasteiger partial charge in [-0.05, 0) is 38.0 Å². The molecule has 1 aromatic heterocycles. The minimum atomic E-state index is -0.173. The highest BCUT2D eigenvalue weighted by Gasteiger charge is 2.16. The Morgan fingerprint density at radius 2 is 2.05 bits per heavy atom. The van der Waals surface area contributed by atoms with Crippen LogP contribution < -0.4 is 10.2 Å². The minimum Gasteiger partial charge on any atom is -0.377 e. The first-order chi connectivity index (χ1) is 10.2. The molecular weight excluding hydrogens is 267 g/mol. The highest BCUT2D eigenvalue weighted by Crippen LogP contribution is 2.27. The summed E-state index contributed by atoms with van der Waals surface area (Å²) in [5, 5.41) is 3.26. The fourth-order valence-corrected chi connectivity index (χ4v) is 2.67. The number of hydrogen-bond acceptors (Lipinski definition) is 4. The maximum atomic E-state index is 14.2. The minimum absolute atomic E-state index is 0.0178. The molecule has 1 unspecified atom stereocenters. The molecule has 0 spiro atoms. The van der Waals surface area contributed by atoms with E-state index >= 15 is 0 Å². The summed E-state index contributed by atoms with van der Waals surface area (Å²) in [6, 6.07) is 5.31. The van der Waals surface area contributed by atoms with Crippen LogP contribution in [0.3, 0.4) is 0 Å². The predicted molar refractivity (Wildman–Crippen MR) is 81.9 cm³/mol. The van der Waals surface area contributed by atoms with Gasteiger partial charge in [-0.25, -0.2) is 4.39 Å². The molecule has 1 aromatic carbocycles. The smallest absolute Gasteiger partial charge is 0.148 e. The standard InChI is InChI=1S/C16H19FN4/c1-12(15-11-18-6-7-19-15)20-13-4-5-16(14(17)10-13)21-8-2-3-9-21/h4-7,10-12,20H,2-3,8-9H2,1H3. The molecule has 0 amide bonds. The average Bonchev–Trinajstić information content (AvgIpc) is 3.02. The second kappa shape index (κ2) is 6.08. The molecule has 3 rings (SSSR count). The summed E-state index contributed by atoms with van der Waals surface area (Å²) in [7, 11) is 0. The molecule has 110 valence electrons. The Bertz CT molecular complexity index is 596. The highest BCUT2D eigenvalue weighted by molar-refractivity contribution is 5.57. The number of hydrogen-bond donors (Lipinski definition) is 1. The number of nitrogens with one attached hydrogen (secondary N) is 1. The van der Waals surface area contributed by atoms with Gasteiger partial charge in [-0.15, -0.1) is 0 Å². The lowest BCUT2D eigenvalue weighted by atomic mass is 10.2. The van der Waals surface area contributed by atoms with E-state index in [1.807, 2.05) is 19.1 Å². The normalized spacial score (nSPS) is 16.0. The number of anilines is 2. The van der Waals surface area contributed by atoms with Gasteiger partial charge >= 0.3 is 0 Å². The van der Waals surface area contributed by atoms with E-state index in [4.69, 9.17) is 0 Å². The molecule has 0 bridgehead atoms. The van der Waals surface area contributed by atoms with Crippen LogP contribution in [0.4, 0.5) is 15.8 Å². The van der Waals surface area contributed by atoms with Crippen molar-refractivity contribution in [3.63, 3.8) is 0 Å². The first-order valence-electron chi connectivity index (χ1n) is 7.31. The Labute approximate surface area is 124 Å². The van der Waals surface area contributed by atoms with E-state index < -0.39 is 0 Å². The molecule has 1 fully saturated rings. The molecule has 2 aromatic rings. The van der Waals surface area contributed by atoms with E-state index in [2.05, 4.69) is 20.2 Å². The molecular formula is C16H19FN4. The summed E-state index contributed by atoms with van der Waals surface area (Å²) in [6.45, 7) is 3.87. The van der Waals surface area contributed by atoms with Gasteiger partial charge in [-0.3, -0.25) is 9.97 Å². The molecule has 1 aliphatic rings. The van der Waals surface area contributed by atoms with Gasteiger partial charge in [0.1, 0.15) is 5.82 Å². The third-order valence-corrected chi connectivity index (χ3v) is 3.80. The van der Waals surface area contributed by atoms with E-state index in [9.17, 15) is 4.39 Å². The zero-order chi connectivity index (χ0) is 14.7. The van der Waals surface area contributed by atoms with Crippen LogP contribution in [-0.4, -0.2) is 23.1 Å². The molecule has 1 saturated heterocycles. The number of halogens is 1. The van der Waals surface area contributed by atoms with Crippen molar-refractivity contribution in [3.8, 4) is 0 Å². The van der Waals surface area contributed by atoms with Gasteiger partial charge in [0.05, 0.1) is 23.6 Å². The van der Waals surface area contributed by atoms with Crippen LogP contribution in [0.5, 0.6) is 0 Å². The molecule has 21 heavy (non-hydrogen) atoms. The summed E-state index contributed by atoms with van der Waals surface area (Å²) in [6.07, 6.45) is 7.30. The van der Waals surface area contributed by atoms with Crippen LogP contribution in [0.2, 0.25) is 0 Å². The van der Waals surface area contributed by atoms with Crippen molar-refractivity contribution in [3.05, 3.63) is 48.3 Å². The second-order valence-electron chi connectivity index (χ2n) is 5.36. The Kier molecular flexibility index (Phi) is 3.99. The van der Waals surface area contributed by atoms with Crippen LogP contribution in [0, 0.1) is 5.82 Å². The quantitative estimate of drug-likeness (QED) is 0.935. The highest BCUT2D eigenvalue weighted by atomic mass is 19.1. The average molecular weight is 286 g/mol. The lowest BCUT2D eigenvalue weighted by molar-refractivity contribution is 0.623. The van der Waals surface area contributed by atoms with E-state index in [1.54, 1.807) is 24.7 Å². The Morgan fingerprint density at radius 1 is 1.24 bits per heavy atom. The van der Waals surface area contributed by atoms with Crippen molar-refractivity contribution in [2.75, 3.05) is 23.3 Å². The molecule has 1 atom stereocenters. The predicted octanol–water partition coefficient (Wildman–Crippen LogP) is 3.39. The van der Waals surface area contributed by atoms with E-state index in [1.165, 1.54) is 0 Å². The molecule has 0 aliphatic carbocycles. The van der Waals surface area contributed by atoms with Crippen LogP contribution in [0.25, 0.3) is 0 Å². The summed E-state index contributed by atoms with van der Waals surface area (Å²) in [4.78, 5) is 10.4. The maximum Gasteiger partial charge on any atom is 0.148 e. The first-order valence-corrected chi connectivity index (χ1v) is 7.31. The van der Waals surface area contributed by atoms with Gasteiger partial charge in [-0.1, -0.05) is 0 Å². The van der Waals surface area contributed by atoms with Crippen molar-refractivity contribution < 1.29 is 4.39 Å². The molecule has 0 saturated carbocycles. The summed E-state index contributed by atoms with van der Waals surface area (Å²) >= 11 is 0. The van der Waals surface area contributed by atoms with Gasteiger partial charge in [0, 0.05) is 31.2 Å². The van der Waals surface area contributed by atoms with Crippen molar-refractivity contribution in [1.82, 2.24) is 9.97 Å². The lowest BCUT2D eigenvalue weighted by Crippen LogP contribution is -2.19. The molecule has 5 heteroatoms. The SMILES string of the molecule is CC(Nc1ccc(N2CCCC2)c(F)c1)c1cnccn1. The maximum absolute atomic E-state index is 14.2. The number of benzene rings is 1. The van der Waals surface area contributed by atoms with Crippen molar-refractivity contribution in [2.45, 2.75) is 25.8 Å². The van der Waals surface area contributed by atoms with Crippen LogP contribution in [0.1, 0.15) is 31.5 Å². The Hall–Kier alpha value is -2.17. The fraction of sp³-hybridized carbons (Fsp3) is 0.375. The Balaban J connectivity index is 1.73. The van der Waals surface area contributed by atoms with E-state index in [0.29, 0.717) is 5.69 Å². The second-order valence-corrected chi connectivity index (χ2v) is 5.36. The van der Waals surface area contributed by atoms with Gasteiger partial charge in [0.25, 0.3) is 0 Å². The summed E-state index contributed by atoms with van der Waals surface area (Å²) in [5.74, 6) is -0.173. The summed E-state index contributed by atoms with van der Waals surface area (Å²) in [5.41, 5.74) is 2.29. The zero-order valence-electron chi connectivity index (χ0n) is 12.1. The zero-order valence-corrected chi connectivity index (χ0v) is 12.1. The van der Waals surface area contributed by atoms with Crippen molar-refractivity contribution in [1.29, 1.82) is 0 Å². The summed E-state index contributed by atoms with van der Waals surface area (Å²) < 4.78 is 14.2. The third kappa shape index (κ3) is 3.12. The topological polar surface area (TPSA) is 41.0 Å². The largest absolute Gasteiger partial charge is 0.377 e. The molecule has 4 nitrogen and oxygen atoms in total. The van der Waals surface area contributed by atoms with E-state index in [0.717, 1.165) is 37.3 Å². The first kappa shape index (κ1) is 13.8. The van der Waals surface area contributed by atoms with Gasteiger partial charge in [0.15, 0.2) is 0 Å². The fourth-order valence-electron chi connectivity index (χ4n) is 2.67. The van der Waals surface area contributed by atoms with Gasteiger partial charge in [0.2, 0.25) is 0 Å². The monoisotopic (exact) mass is 286 g/mol. The van der Waals surface area contributed by atoms with Crippen LogP contribution in [-0.2, 0) is 0 Å².